The number of nitrogen functional groups attached to an aromatic ring is 1. The van der Waals surface area contributed by atoms with Gasteiger partial charge in [0, 0.05) is 24.2 Å². The third-order valence-electron chi connectivity index (χ3n) is 5.09. The summed E-state index contributed by atoms with van der Waals surface area (Å²) in [4.78, 5) is 15.2. The molecule has 3 N–H and O–H groups in total. The lowest BCUT2D eigenvalue weighted by Crippen LogP contribution is -2.48. The van der Waals surface area contributed by atoms with Gasteiger partial charge >= 0.3 is 0 Å². The minimum Gasteiger partial charge on any atom is -0.480 e. The molecule has 0 saturated carbocycles. The molecule has 3 rings (SSSR count). The Labute approximate surface area is 159 Å². The second-order valence-electron chi connectivity index (χ2n) is 6.55. The first-order chi connectivity index (χ1) is 11.5. The van der Waals surface area contributed by atoms with Gasteiger partial charge in [-0.15, -0.1) is 18.8 Å². The summed E-state index contributed by atoms with van der Waals surface area (Å²) in [5, 5.41) is 3.45. The van der Waals surface area contributed by atoms with Crippen molar-refractivity contribution in [2.24, 2.45) is 0 Å². The number of anilines is 1. The molecular weight excluding hydrogens is 361 g/mol. The van der Waals surface area contributed by atoms with E-state index < -0.39 is 0 Å². The molecule has 25 heavy (non-hydrogen) atoms. The molecule has 2 aliphatic heterocycles. The molecular formula is C18H23Cl2N3O2. The number of amides is 1. The van der Waals surface area contributed by atoms with Gasteiger partial charge in [0.05, 0.1) is 16.3 Å². The van der Waals surface area contributed by atoms with Gasteiger partial charge in [0.1, 0.15) is 12.4 Å². The van der Waals surface area contributed by atoms with Crippen molar-refractivity contribution in [3.05, 3.63) is 22.7 Å². The normalized spacial score (nSPS) is 24.9. The highest BCUT2D eigenvalue weighted by Crippen LogP contribution is 2.35. The Balaban J connectivity index is 0.00000225. The first-order valence-electron chi connectivity index (χ1n) is 8.17. The second kappa shape index (κ2) is 8.18. The molecule has 1 aromatic carbocycles. The third-order valence-corrected chi connectivity index (χ3v) is 5.42. The maximum absolute atomic E-state index is 12.7. The summed E-state index contributed by atoms with van der Waals surface area (Å²) < 4.78 is 5.46. The Kier molecular flexibility index (Phi) is 6.45. The van der Waals surface area contributed by atoms with Gasteiger partial charge in [0.15, 0.2) is 0 Å². The molecule has 2 aliphatic rings. The lowest BCUT2D eigenvalue weighted by molar-refractivity contribution is 0.0879. The van der Waals surface area contributed by atoms with Crippen LogP contribution in [0.5, 0.6) is 5.75 Å². The summed E-state index contributed by atoms with van der Waals surface area (Å²) in [6.07, 6.45) is 9.59. The number of hydrogen-bond donors (Lipinski definition) is 2. The Hall–Kier alpha value is -1.61. The van der Waals surface area contributed by atoms with E-state index in [0.29, 0.717) is 34.1 Å². The number of halogens is 2. The highest BCUT2D eigenvalue weighted by Gasteiger charge is 2.39. The van der Waals surface area contributed by atoms with Crippen LogP contribution >= 0.6 is 24.0 Å². The molecule has 0 aliphatic carbocycles. The van der Waals surface area contributed by atoms with Crippen molar-refractivity contribution in [3.63, 3.8) is 0 Å². The summed E-state index contributed by atoms with van der Waals surface area (Å²) >= 11 is 6.07. The summed E-state index contributed by atoms with van der Waals surface area (Å²) in [6, 6.07) is 4.37. The van der Waals surface area contributed by atoms with Crippen LogP contribution in [-0.2, 0) is 0 Å². The minimum atomic E-state index is -0.196. The van der Waals surface area contributed by atoms with Crippen LogP contribution in [0.25, 0.3) is 0 Å². The molecule has 2 atom stereocenters. The Morgan fingerprint density at radius 3 is 2.68 bits per heavy atom. The van der Waals surface area contributed by atoms with Crippen LogP contribution in [0.4, 0.5) is 5.69 Å². The van der Waals surface area contributed by atoms with Gasteiger partial charge < -0.3 is 20.7 Å². The Bertz CT molecular complexity index is 676. The van der Waals surface area contributed by atoms with E-state index in [9.17, 15) is 4.79 Å². The van der Waals surface area contributed by atoms with E-state index in [-0.39, 0.29) is 31.0 Å². The molecule has 136 valence electrons. The summed E-state index contributed by atoms with van der Waals surface area (Å²) in [5.41, 5.74) is 6.53. The SMILES string of the molecule is C#CCOc1cc(N)c(Cl)cc1C(=O)NC1CC2CCC(C1)N2C.Cl. The number of hydrogen-bond acceptors (Lipinski definition) is 4. The average molecular weight is 384 g/mol. The fraction of sp³-hybridized carbons (Fsp3) is 0.500. The predicted molar refractivity (Wildman–Crippen MR) is 103 cm³/mol. The smallest absolute Gasteiger partial charge is 0.255 e. The fourth-order valence-corrected chi connectivity index (χ4v) is 3.94. The minimum absolute atomic E-state index is 0. The lowest BCUT2D eigenvalue weighted by atomic mass is 9.97. The van der Waals surface area contributed by atoms with Crippen LogP contribution in [-0.4, -0.2) is 42.6 Å². The molecule has 2 fully saturated rings. The van der Waals surface area contributed by atoms with Crippen molar-refractivity contribution >= 4 is 35.6 Å². The van der Waals surface area contributed by atoms with E-state index in [2.05, 4.69) is 23.2 Å². The zero-order valence-electron chi connectivity index (χ0n) is 14.1. The number of fused-ring (bicyclic) bond motifs is 2. The van der Waals surface area contributed by atoms with Crippen LogP contribution in [0.15, 0.2) is 12.1 Å². The molecule has 7 heteroatoms. The molecule has 1 aromatic rings. The standard InChI is InChI=1S/C18H22ClN3O2.ClH/c1-3-6-24-17-10-16(20)15(19)9-14(17)18(23)21-11-7-12-4-5-13(8-11)22(12)2;/h1,9-13H,4-8,20H2,2H3,(H,21,23);1H. The number of carbonyl (C=O) groups excluding carboxylic acids is 1. The molecule has 2 bridgehead atoms. The van der Waals surface area contributed by atoms with E-state index in [1.807, 2.05) is 0 Å². The molecule has 0 radical (unpaired) electrons. The van der Waals surface area contributed by atoms with Crippen LogP contribution in [0.2, 0.25) is 5.02 Å². The predicted octanol–water partition coefficient (Wildman–Crippen LogP) is 2.71. The highest BCUT2D eigenvalue weighted by molar-refractivity contribution is 6.33. The van der Waals surface area contributed by atoms with E-state index in [4.69, 9.17) is 28.5 Å². The van der Waals surface area contributed by atoms with Gasteiger partial charge in [-0.1, -0.05) is 17.5 Å². The maximum atomic E-state index is 12.7. The van der Waals surface area contributed by atoms with Gasteiger partial charge in [-0.3, -0.25) is 4.79 Å². The van der Waals surface area contributed by atoms with Crippen molar-refractivity contribution in [2.45, 2.75) is 43.8 Å². The van der Waals surface area contributed by atoms with Gasteiger partial charge in [-0.25, -0.2) is 0 Å². The van der Waals surface area contributed by atoms with Crippen molar-refractivity contribution in [1.29, 1.82) is 0 Å². The van der Waals surface area contributed by atoms with Gasteiger partial charge in [0.2, 0.25) is 0 Å². The Morgan fingerprint density at radius 2 is 2.08 bits per heavy atom. The molecule has 1 amide bonds. The monoisotopic (exact) mass is 383 g/mol. The van der Waals surface area contributed by atoms with E-state index >= 15 is 0 Å². The molecule has 5 nitrogen and oxygen atoms in total. The average Bonchev–Trinajstić information content (AvgIpc) is 2.76. The van der Waals surface area contributed by atoms with Crippen molar-refractivity contribution < 1.29 is 9.53 Å². The van der Waals surface area contributed by atoms with Crippen LogP contribution < -0.4 is 15.8 Å². The number of benzene rings is 1. The first kappa shape index (κ1) is 19.7. The molecule has 0 aromatic heterocycles. The number of terminal acetylenes is 1. The van der Waals surface area contributed by atoms with Crippen molar-refractivity contribution in [1.82, 2.24) is 10.2 Å². The first-order valence-corrected chi connectivity index (χ1v) is 8.55. The van der Waals surface area contributed by atoms with Gasteiger partial charge in [0.25, 0.3) is 5.91 Å². The van der Waals surface area contributed by atoms with Crippen molar-refractivity contribution in [3.8, 4) is 18.1 Å². The second-order valence-corrected chi connectivity index (χ2v) is 6.96. The number of nitrogens with zero attached hydrogens (tertiary/aromatic N) is 1. The largest absolute Gasteiger partial charge is 0.480 e. The summed E-state index contributed by atoms with van der Waals surface area (Å²) in [6.45, 7) is 0.0692. The molecule has 2 heterocycles. The fourth-order valence-electron chi connectivity index (χ4n) is 3.78. The van der Waals surface area contributed by atoms with Crippen molar-refractivity contribution in [2.75, 3.05) is 19.4 Å². The number of rotatable bonds is 4. The van der Waals surface area contributed by atoms with Gasteiger partial charge in [-0.05, 0) is 38.8 Å². The summed E-state index contributed by atoms with van der Waals surface area (Å²) in [7, 11) is 2.17. The number of piperidine rings is 1. The summed E-state index contributed by atoms with van der Waals surface area (Å²) in [5.74, 6) is 2.56. The number of nitrogens with one attached hydrogen (secondary N) is 1. The number of nitrogens with two attached hydrogens (primary N) is 1. The number of carbonyl (C=O) groups is 1. The lowest BCUT2D eigenvalue weighted by Gasteiger charge is -2.36. The van der Waals surface area contributed by atoms with Crippen LogP contribution in [0.1, 0.15) is 36.0 Å². The molecule has 2 unspecified atom stereocenters. The van der Waals surface area contributed by atoms with E-state index in [0.717, 1.165) is 12.8 Å². The number of ether oxygens (including phenoxy) is 1. The van der Waals surface area contributed by atoms with Crippen LogP contribution in [0.3, 0.4) is 0 Å². The van der Waals surface area contributed by atoms with E-state index in [1.54, 1.807) is 12.1 Å². The topological polar surface area (TPSA) is 67.6 Å². The van der Waals surface area contributed by atoms with Gasteiger partial charge in [-0.2, -0.15) is 0 Å². The zero-order valence-corrected chi connectivity index (χ0v) is 15.7. The van der Waals surface area contributed by atoms with Crippen LogP contribution in [0, 0.1) is 12.3 Å². The van der Waals surface area contributed by atoms with E-state index in [1.165, 1.54) is 12.8 Å². The quantitative estimate of drug-likeness (QED) is 0.619. The Morgan fingerprint density at radius 1 is 1.44 bits per heavy atom. The highest BCUT2D eigenvalue weighted by atomic mass is 35.5. The zero-order chi connectivity index (χ0) is 17.3. The maximum Gasteiger partial charge on any atom is 0.255 e. The molecule has 2 saturated heterocycles. The molecule has 0 spiro atoms. The third kappa shape index (κ3) is 4.14.